The fourth-order valence-corrected chi connectivity index (χ4v) is 3.84. The Kier molecular flexibility index (Phi) is 8.98. The molecule has 0 bridgehead atoms. The van der Waals surface area contributed by atoms with Gasteiger partial charge in [0, 0.05) is 17.3 Å². The third-order valence-corrected chi connectivity index (χ3v) is 5.68. The largest absolute Gasteiger partial charge is 0.384 e. The molecule has 0 amide bonds. The van der Waals surface area contributed by atoms with Gasteiger partial charge in [0.1, 0.15) is 5.60 Å². The van der Waals surface area contributed by atoms with Gasteiger partial charge in [-0.25, -0.2) is 9.98 Å². The highest BCUT2D eigenvalue weighted by Gasteiger charge is 2.23. The zero-order chi connectivity index (χ0) is 18.5. The van der Waals surface area contributed by atoms with Gasteiger partial charge in [0.2, 0.25) is 0 Å². The fraction of sp³-hybridized carbons (Fsp3) is 0.556. The molecule has 0 radical (unpaired) electrons. The number of guanidine groups is 1. The maximum Gasteiger partial charge on any atom is 0.191 e. The number of thiazole rings is 1. The Bertz CT molecular complexity index is 690. The highest BCUT2D eigenvalue weighted by atomic mass is 127. The first kappa shape index (κ1) is 23.3. The Morgan fingerprint density at radius 1 is 1.23 bits per heavy atom. The minimum atomic E-state index is -0.934. The SMILES string of the molecule is CCNC(=NCc1csc(C(C)(C)C)n1)NCC(C)(O)c1ccsc1.I. The molecule has 0 saturated heterocycles. The quantitative estimate of drug-likeness (QED) is 0.313. The molecule has 0 aliphatic carbocycles. The summed E-state index contributed by atoms with van der Waals surface area (Å²) < 4.78 is 0. The van der Waals surface area contributed by atoms with E-state index < -0.39 is 5.60 Å². The standard InChI is InChI=1S/C18H28N4OS2.HI/c1-6-19-16(21-12-18(5,23)13-7-8-24-10-13)20-9-14-11-25-15(22-14)17(2,3)4;/h7-8,10-11,23H,6,9,12H2,1-5H3,(H2,19,20,21);1H. The minimum absolute atomic E-state index is 0. The summed E-state index contributed by atoms with van der Waals surface area (Å²) in [6.45, 7) is 12.0. The zero-order valence-electron chi connectivity index (χ0n) is 16.0. The van der Waals surface area contributed by atoms with Crippen molar-refractivity contribution >= 4 is 52.6 Å². The second kappa shape index (κ2) is 10.0. The van der Waals surface area contributed by atoms with Crippen molar-refractivity contribution in [1.29, 1.82) is 0 Å². The molecule has 2 rings (SSSR count). The second-order valence-electron chi connectivity index (χ2n) is 7.23. The number of halogens is 1. The molecule has 1 atom stereocenters. The summed E-state index contributed by atoms with van der Waals surface area (Å²) in [6, 6.07) is 1.94. The van der Waals surface area contributed by atoms with E-state index in [2.05, 4.69) is 46.8 Å². The fourth-order valence-electron chi connectivity index (χ4n) is 2.15. The molecule has 0 aliphatic rings. The molecule has 26 heavy (non-hydrogen) atoms. The summed E-state index contributed by atoms with van der Waals surface area (Å²) in [5, 5.41) is 24.2. The predicted octanol–water partition coefficient (Wildman–Crippen LogP) is 4.08. The third kappa shape index (κ3) is 6.79. The van der Waals surface area contributed by atoms with Gasteiger partial charge in [-0.15, -0.1) is 35.3 Å². The van der Waals surface area contributed by atoms with Crippen LogP contribution in [0.3, 0.4) is 0 Å². The van der Waals surface area contributed by atoms with Gasteiger partial charge in [0.25, 0.3) is 0 Å². The highest BCUT2D eigenvalue weighted by molar-refractivity contribution is 14.0. The zero-order valence-corrected chi connectivity index (χ0v) is 20.0. The van der Waals surface area contributed by atoms with Crippen molar-refractivity contribution in [3.63, 3.8) is 0 Å². The van der Waals surface area contributed by atoms with E-state index in [-0.39, 0.29) is 29.4 Å². The van der Waals surface area contributed by atoms with Crippen LogP contribution in [0.4, 0.5) is 0 Å². The van der Waals surface area contributed by atoms with Crippen LogP contribution in [0, 0.1) is 0 Å². The van der Waals surface area contributed by atoms with Crippen molar-refractivity contribution in [1.82, 2.24) is 15.6 Å². The lowest BCUT2D eigenvalue weighted by atomic mass is 9.98. The smallest absolute Gasteiger partial charge is 0.191 e. The number of aliphatic hydroxyl groups is 1. The average Bonchev–Trinajstić information content (AvgIpc) is 3.20. The molecule has 2 aromatic rings. The molecule has 0 fully saturated rings. The van der Waals surface area contributed by atoms with Crippen molar-refractivity contribution in [3.8, 4) is 0 Å². The first-order chi connectivity index (χ1) is 11.7. The topological polar surface area (TPSA) is 69.5 Å². The maximum absolute atomic E-state index is 10.6. The summed E-state index contributed by atoms with van der Waals surface area (Å²) >= 11 is 3.26. The lowest BCUT2D eigenvalue weighted by molar-refractivity contribution is 0.0621. The monoisotopic (exact) mass is 508 g/mol. The number of rotatable bonds is 6. The molecular formula is C18H29IN4OS2. The van der Waals surface area contributed by atoms with E-state index in [4.69, 9.17) is 0 Å². The van der Waals surface area contributed by atoms with Crippen molar-refractivity contribution in [2.24, 2.45) is 4.99 Å². The van der Waals surface area contributed by atoms with Crippen molar-refractivity contribution in [2.45, 2.75) is 52.2 Å². The van der Waals surface area contributed by atoms with Gasteiger partial charge < -0.3 is 15.7 Å². The van der Waals surface area contributed by atoms with Gasteiger partial charge in [-0.2, -0.15) is 11.3 Å². The molecule has 1 unspecified atom stereocenters. The number of hydrogen-bond donors (Lipinski definition) is 3. The minimum Gasteiger partial charge on any atom is -0.384 e. The lowest BCUT2D eigenvalue weighted by Crippen LogP contribution is -2.44. The number of nitrogens with one attached hydrogen (secondary N) is 2. The van der Waals surface area contributed by atoms with Crippen molar-refractivity contribution in [3.05, 3.63) is 38.5 Å². The molecule has 2 aromatic heterocycles. The maximum atomic E-state index is 10.6. The van der Waals surface area contributed by atoms with Gasteiger partial charge in [0.05, 0.1) is 23.8 Å². The van der Waals surface area contributed by atoms with Crippen LogP contribution in [0.5, 0.6) is 0 Å². The Labute approximate surface area is 181 Å². The molecule has 3 N–H and O–H groups in total. The van der Waals surface area contributed by atoms with Crippen molar-refractivity contribution in [2.75, 3.05) is 13.1 Å². The van der Waals surface area contributed by atoms with Gasteiger partial charge >= 0.3 is 0 Å². The molecule has 0 aliphatic heterocycles. The van der Waals surface area contributed by atoms with E-state index in [1.807, 2.05) is 30.7 Å². The van der Waals surface area contributed by atoms with E-state index >= 15 is 0 Å². The Morgan fingerprint density at radius 2 is 1.96 bits per heavy atom. The number of thiophene rings is 1. The van der Waals surface area contributed by atoms with E-state index in [0.717, 1.165) is 22.8 Å². The van der Waals surface area contributed by atoms with Crippen LogP contribution in [0.2, 0.25) is 0 Å². The van der Waals surface area contributed by atoms with Crippen LogP contribution < -0.4 is 10.6 Å². The van der Waals surface area contributed by atoms with E-state index in [9.17, 15) is 5.11 Å². The van der Waals surface area contributed by atoms with Crippen LogP contribution in [0.1, 0.15) is 50.9 Å². The Morgan fingerprint density at radius 3 is 2.50 bits per heavy atom. The average molecular weight is 508 g/mol. The third-order valence-electron chi connectivity index (χ3n) is 3.68. The van der Waals surface area contributed by atoms with Gasteiger partial charge in [-0.1, -0.05) is 20.8 Å². The lowest BCUT2D eigenvalue weighted by Gasteiger charge is -2.24. The summed E-state index contributed by atoms with van der Waals surface area (Å²) in [5.74, 6) is 0.684. The Balaban J connectivity index is 0.00000338. The van der Waals surface area contributed by atoms with Crippen LogP contribution in [0.25, 0.3) is 0 Å². The first-order valence-electron chi connectivity index (χ1n) is 8.44. The second-order valence-corrected chi connectivity index (χ2v) is 8.87. The first-order valence-corrected chi connectivity index (χ1v) is 10.3. The van der Waals surface area contributed by atoms with Crippen molar-refractivity contribution < 1.29 is 5.11 Å². The van der Waals surface area contributed by atoms with E-state index in [1.54, 1.807) is 22.7 Å². The van der Waals surface area contributed by atoms with Gasteiger partial charge in [-0.3, -0.25) is 0 Å². The molecule has 0 spiro atoms. The summed E-state index contributed by atoms with van der Waals surface area (Å²) in [7, 11) is 0. The number of aromatic nitrogens is 1. The van der Waals surface area contributed by atoms with E-state index in [0.29, 0.717) is 19.0 Å². The van der Waals surface area contributed by atoms with Crippen LogP contribution >= 0.6 is 46.7 Å². The molecule has 2 heterocycles. The number of hydrogen-bond acceptors (Lipinski definition) is 5. The van der Waals surface area contributed by atoms with E-state index in [1.165, 1.54) is 0 Å². The number of nitrogens with zero attached hydrogens (tertiary/aromatic N) is 2. The number of aliphatic imine (C=N–C) groups is 1. The molecule has 0 saturated carbocycles. The summed E-state index contributed by atoms with van der Waals surface area (Å²) in [5.41, 5.74) is 1.01. The molecule has 8 heteroatoms. The summed E-state index contributed by atoms with van der Waals surface area (Å²) in [4.78, 5) is 9.26. The van der Waals surface area contributed by atoms with Crippen LogP contribution in [-0.2, 0) is 17.6 Å². The van der Waals surface area contributed by atoms with Crippen LogP contribution in [0.15, 0.2) is 27.2 Å². The highest BCUT2D eigenvalue weighted by Crippen LogP contribution is 2.25. The van der Waals surface area contributed by atoms with Gasteiger partial charge in [-0.05, 0) is 36.2 Å². The molecule has 0 aromatic carbocycles. The molecule has 5 nitrogen and oxygen atoms in total. The Hall–Kier alpha value is -0.710. The van der Waals surface area contributed by atoms with Crippen LogP contribution in [-0.4, -0.2) is 29.1 Å². The summed E-state index contributed by atoms with van der Waals surface area (Å²) in [6.07, 6.45) is 0. The molecule has 146 valence electrons. The van der Waals surface area contributed by atoms with Gasteiger partial charge in [0.15, 0.2) is 5.96 Å². The predicted molar refractivity (Wildman–Crippen MR) is 123 cm³/mol. The normalized spacial score (nSPS) is 14.5. The molecular weight excluding hydrogens is 479 g/mol.